The second-order valence-corrected chi connectivity index (χ2v) is 4.15. The van der Waals surface area contributed by atoms with Gasteiger partial charge in [0, 0.05) is 0 Å². The van der Waals surface area contributed by atoms with Crippen molar-refractivity contribution in [3.8, 4) is 0 Å². The predicted octanol–water partition coefficient (Wildman–Crippen LogP) is 0.371. The van der Waals surface area contributed by atoms with Crippen LogP contribution in [0.25, 0.3) is 0 Å². The highest BCUT2D eigenvalue weighted by Gasteiger charge is 2.36. The van der Waals surface area contributed by atoms with Crippen LogP contribution < -0.4 is 0 Å². The van der Waals surface area contributed by atoms with Crippen molar-refractivity contribution in [3.05, 3.63) is 0 Å². The van der Waals surface area contributed by atoms with E-state index in [4.69, 9.17) is 0 Å². The Morgan fingerprint density at radius 3 is 2.11 bits per heavy atom. The van der Waals surface area contributed by atoms with Gasteiger partial charge in [-0.15, -0.1) is 0 Å². The van der Waals surface area contributed by atoms with E-state index in [-0.39, 0.29) is 6.10 Å². The summed E-state index contributed by atoms with van der Waals surface area (Å²) in [5.41, 5.74) is 0. The van der Waals surface area contributed by atoms with Crippen LogP contribution >= 0.6 is 0 Å². The quantitative estimate of drug-likeness (QED) is 0.534. The lowest BCUT2D eigenvalue weighted by Gasteiger charge is -1.95. The van der Waals surface area contributed by atoms with Gasteiger partial charge in [-0.2, -0.15) is 8.42 Å². The topological polar surface area (TPSA) is 43.4 Å². The molecule has 0 amide bonds. The number of hydrogen-bond acceptors (Lipinski definition) is 3. The molecular formula is C5H10O3S. The van der Waals surface area contributed by atoms with E-state index in [2.05, 4.69) is 4.18 Å². The van der Waals surface area contributed by atoms with Crippen LogP contribution in [0.4, 0.5) is 0 Å². The smallest absolute Gasteiger partial charge is 0.264 e. The molecule has 0 heterocycles. The zero-order chi connectivity index (χ0) is 7.07. The van der Waals surface area contributed by atoms with Crippen LogP contribution in [0.5, 0.6) is 0 Å². The molecule has 0 N–H and O–H groups in total. The Morgan fingerprint density at radius 2 is 2.00 bits per heavy atom. The lowest BCUT2D eigenvalue weighted by Crippen LogP contribution is -2.05. The van der Waals surface area contributed by atoms with Gasteiger partial charge in [0.15, 0.2) is 0 Å². The molecule has 1 aliphatic carbocycles. The fraction of sp³-hybridized carbons (Fsp3) is 1.00. The molecule has 2 atom stereocenters. The SMILES string of the molecule is C[C@@H]1C[C@@H]1OS(C)(=O)=O. The molecule has 0 saturated heterocycles. The summed E-state index contributed by atoms with van der Waals surface area (Å²) in [4.78, 5) is 0. The van der Waals surface area contributed by atoms with Gasteiger partial charge in [-0.3, -0.25) is 4.18 Å². The first-order chi connectivity index (χ1) is 3.99. The summed E-state index contributed by atoms with van der Waals surface area (Å²) in [5, 5.41) is 0. The van der Waals surface area contributed by atoms with E-state index in [1.807, 2.05) is 6.92 Å². The van der Waals surface area contributed by atoms with Gasteiger partial charge in [0.25, 0.3) is 10.1 Å². The molecule has 1 rings (SSSR count). The zero-order valence-corrected chi connectivity index (χ0v) is 6.31. The summed E-state index contributed by atoms with van der Waals surface area (Å²) in [7, 11) is -3.19. The Labute approximate surface area is 55.1 Å². The molecule has 0 spiro atoms. The lowest BCUT2D eigenvalue weighted by molar-refractivity contribution is 0.295. The van der Waals surface area contributed by atoms with Gasteiger partial charge in [-0.25, -0.2) is 0 Å². The highest BCUT2D eigenvalue weighted by Crippen LogP contribution is 2.33. The third-order valence-corrected chi connectivity index (χ3v) is 1.93. The van der Waals surface area contributed by atoms with Crippen molar-refractivity contribution >= 4 is 10.1 Å². The molecule has 1 fully saturated rings. The van der Waals surface area contributed by atoms with Crippen LogP contribution in [0, 0.1) is 5.92 Å². The molecule has 0 aromatic rings. The summed E-state index contributed by atoms with van der Waals surface area (Å²) in [6, 6.07) is 0. The van der Waals surface area contributed by atoms with Crippen molar-refractivity contribution in [1.29, 1.82) is 0 Å². The predicted molar refractivity (Wildman–Crippen MR) is 33.5 cm³/mol. The summed E-state index contributed by atoms with van der Waals surface area (Å²) in [5.74, 6) is 0.430. The van der Waals surface area contributed by atoms with E-state index < -0.39 is 10.1 Å². The van der Waals surface area contributed by atoms with Crippen molar-refractivity contribution in [2.24, 2.45) is 5.92 Å². The van der Waals surface area contributed by atoms with Crippen LogP contribution in [-0.2, 0) is 14.3 Å². The molecule has 4 heteroatoms. The number of rotatable bonds is 2. The first kappa shape index (κ1) is 7.02. The van der Waals surface area contributed by atoms with Gasteiger partial charge >= 0.3 is 0 Å². The van der Waals surface area contributed by atoms with E-state index in [9.17, 15) is 8.42 Å². The van der Waals surface area contributed by atoms with E-state index in [1.165, 1.54) is 0 Å². The van der Waals surface area contributed by atoms with Crippen LogP contribution in [0.15, 0.2) is 0 Å². The molecule has 0 aromatic carbocycles. The first-order valence-electron chi connectivity index (χ1n) is 2.87. The van der Waals surface area contributed by atoms with Gasteiger partial charge in [-0.1, -0.05) is 6.92 Å². The van der Waals surface area contributed by atoms with E-state index in [0.29, 0.717) is 5.92 Å². The normalized spacial score (nSPS) is 34.4. The molecule has 54 valence electrons. The van der Waals surface area contributed by atoms with E-state index in [0.717, 1.165) is 12.7 Å². The second kappa shape index (κ2) is 1.95. The Hall–Kier alpha value is -0.0900. The third kappa shape index (κ3) is 2.32. The Bertz CT molecular complexity index is 194. The van der Waals surface area contributed by atoms with Crippen LogP contribution in [0.2, 0.25) is 0 Å². The largest absolute Gasteiger partial charge is 0.267 e. The van der Waals surface area contributed by atoms with Gasteiger partial charge in [0.2, 0.25) is 0 Å². The van der Waals surface area contributed by atoms with Crippen molar-refractivity contribution in [2.45, 2.75) is 19.4 Å². The fourth-order valence-corrected chi connectivity index (χ4v) is 1.36. The molecule has 0 unspecified atom stereocenters. The Kier molecular flexibility index (Phi) is 1.52. The minimum atomic E-state index is -3.19. The maximum absolute atomic E-state index is 10.4. The highest BCUT2D eigenvalue weighted by atomic mass is 32.2. The molecule has 1 aliphatic rings. The Morgan fingerprint density at radius 1 is 1.56 bits per heavy atom. The summed E-state index contributed by atoms with van der Waals surface area (Å²) < 4.78 is 25.4. The maximum atomic E-state index is 10.4. The first-order valence-corrected chi connectivity index (χ1v) is 4.69. The molecular weight excluding hydrogens is 140 g/mol. The van der Waals surface area contributed by atoms with Gasteiger partial charge < -0.3 is 0 Å². The second-order valence-electron chi connectivity index (χ2n) is 2.55. The van der Waals surface area contributed by atoms with Crippen molar-refractivity contribution in [1.82, 2.24) is 0 Å². The minimum absolute atomic E-state index is 0.0278. The molecule has 3 nitrogen and oxygen atoms in total. The molecule has 0 radical (unpaired) electrons. The third-order valence-electron chi connectivity index (χ3n) is 1.33. The Balaban J connectivity index is 2.37. The molecule has 0 aromatic heterocycles. The average molecular weight is 150 g/mol. The van der Waals surface area contributed by atoms with Crippen LogP contribution in [-0.4, -0.2) is 20.8 Å². The number of hydrogen-bond donors (Lipinski definition) is 0. The summed E-state index contributed by atoms with van der Waals surface area (Å²) in [6.07, 6.45) is 1.94. The molecule has 0 bridgehead atoms. The van der Waals surface area contributed by atoms with Gasteiger partial charge in [0.1, 0.15) is 0 Å². The molecule has 1 saturated carbocycles. The van der Waals surface area contributed by atoms with Crippen molar-refractivity contribution in [2.75, 3.05) is 6.26 Å². The zero-order valence-electron chi connectivity index (χ0n) is 5.49. The van der Waals surface area contributed by atoms with E-state index >= 15 is 0 Å². The van der Waals surface area contributed by atoms with Crippen molar-refractivity contribution in [3.63, 3.8) is 0 Å². The monoisotopic (exact) mass is 150 g/mol. The van der Waals surface area contributed by atoms with E-state index in [1.54, 1.807) is 0 Å². The van der Waals surface area contributed by atoms with Crippen molar-refractivity contribution < 1.29 is 12.6 Å². The molecule has 0 aliphatic heterocycles. The minimum Gasteiger partial charge on any atom is -0.267 e. The summed E-state index contributed by atoms with van der Waals surface area (Å²) >= 11 is 0. The van der Waals surface area contributed by atoms with Gasteiger partial charge in [0.05, 0.1) is 12.4 Å². The fourth-order valence-electron chi connectivity index (χ4n) is 0.646. The van der Waals surface area contributed by atoms with Crippen LogP contribution in [0.3, 0.4) is 0 Å². The standard InChI is InChI=1S/C5H10O3S/c1-4-3-5(4)8-9(2,6)7/h4-5H,3H2,1-2H3/t4-,5+/m1/s1. The highest BCUT2D eigenvalue weighted by molar-refractivity contribution is 7.86. The van der Waals surface area contributed by atoms with Gasteiger partial charge in [-0.05, 0) is 12.3 Å². The van der Waals surface area contributed by atoms with Crippen LogP contribution in [0.1, 0.15) is 13.3 Å². The lowest BCUT2D eigenvalue weighted by atomic mass is 10.5. The maximum Gasteiger partial charge on any atom is 0.264 e. The summed E-state index contributed by atoms with van der Waals surface area (Å²) in [6.45, 7) is 1.97. The average Bonchev–Trinajstić information content (AvgIpc) is 2.13. The molecule has 9 heavy (non-hydrogen) atoms.